The fourth-order valence-corrected chi connectivity index (χ4v) is 4.30. The van der Waals surface area contributed by atoms with Crippen molar-refractivity contribution in [1.82, 2.24) is 0 Å². The van der Waals surface area contributed by atoms with E-state index in [1.807, 2.05) is 0 Å². The summed E-state index contributed by atoms with van der Waals surface area (Å²) in [6.07, 6.45) is 5.83. The van der Waals surface area contributed by atoms with Gasteiger partial charge in [0.2, 0.25) is 5.69 Å². The second-order valence-corrected chi connectivity index (χ2v) is 6.71. The zero-order chi connectivity index (χ0) is 15.1. The zero-order valence-electron chi connectivity index (χ0n) is 13.7. The molecule has 0 aliphatic carbocycles. The summed E-state index contributed by atoms with van der Waals surface area (Å²) >= 11 is 0. The Kier molecular flexibility index (Phi) is 3.39. The highest BCUT2D eigenvalue weighted by Crippen LogP contribution is 2.49. The fourth-order valence-electron chi connectivity index (χ4n) is 4.30. The summed E-state index contributed by atoms with van der Waals surface area (Å²) in [4.78, 5) is 0. The molecule has 1 aliphatic heterocycles. The predicted octanol–water partition coefficient (Wildman–Crippen LogP) is 4.84. The summed E-state index contributed by atoms with van der Waals surface area (Å²) in [6, 6.07) is 15.6. The van der Waals surface area contributed by atoms with E-state index in [2.05, 4.69) is 80.9 Å². The molecule has 2 unspecified atom stereocenters. The first-order valence-electron chi connectivity index (χ1n) is 8.19. The van der Waals surface area contributed by atoms with Crippen LogP contribution in [0.15, 0.2) is 48.7 Å². The number of aromatic nitrogens is 1. The van der Waals surface area contributed by atoms with Crippen molar-refractivity contribution in [3.05, 3.63) is 54.2 Å². The Bertz CT molecular complexity index is 660. The summed E-state index contributed by atoms with van der Waals surface area (Å²) in [5.41, 5.74) is 4.56. The average molecular weight is 280 g/mol. The van der Waals surface area contributed by atoms with E-state index in [9.17, 15) is 0 Å². The van der Waals surface area contributed by atoms with Crippen LogP contribution < -0.4 is 4.57 Å². The molecule has 2 atom stereocenters. The third-order valence-electron chi connectivity index (χ3n) is 5.82. The van der Waals surface area contributed by atoms with E-state index >= 15 is 0 Å². The van der Waals surface area contributed by atoms with Crippen LogP contribution in [0.3, 0.4) is 0 Å². The second-order valence-electron chi connectivity index (χ2n) is 6.71. The molecule has 1 heteroatoms. The minimum Gasteiger partial charge on any atom is -0.192 e. The molecule has 1 nitrogen and oxygen atoms in total. The number of fused-ring (bicyclic) bond motifs is 3. The molecule has 0 radical (unpaired) electrons. The lowest BCUT2D eigenvalue weighted by Crippen LogP contribution is -2.67. The van der Waals surface area contributed by atoms with Gasteiger partial charge in [-0.15, -0.1) is 0 Å². The first kappa shape index (κ1) is 14.3. The first-order valence-corrected chi connectivity index (χ1v) is 8.19. The summed E-state index contributed by atoms with van der Waals surface area (Å²) in [7, 11) is 0. The molecule has 2 heterocycles. The monoisotopic (exact) mass is 280 g/mol. The molecule has 3 rings (SSSR count). The Balaban J connectivity index is 2.38. The van der Waals surface area contributed by atoms with Gasteiger partial charge < -0.3 is 0 Å². The normalized spacial score (nSPS) is 27.0. The van der Waals surface area contributed by atoms with Crippen LogP contribution in [-0.2, 0) is 11.0 Å². The van der Waals surface area contributed by atoms with E-state index < -0.39 is 0 Å². The predicted molar refractivity (Wildman–Crippen MR) is 88.3 cm³/mol. The molecule has 0 fully saturated rings. The third kappa shape index (κ3) is 1.79. The molecule has 1 aromatic carbocycles. The molecule has 1 aliphatic rings. The molecular weight excluding hydrogens is 254 g/mol. The lowest BCUT2D eigenvalue weighted by atomic mass is 9.60. The first-order chi connectivity index (χ1) is 10.1. The Labute approximate surface area is 128 Å². The van der Waals surface area contributed by atoms with Gasteiger partial charge in [-0.3, -0.25) is 0 Å². The quantitative estimate of drug-likeness (QED) is 0.708. The summed E-state index contributed by atoms with van der Waals surface area (Å²) in [5.74, 6) is 0. The molecule has 0 saturated heterocycles. The summed E-state index contributed by atoms with van der Waals surface area (Å²) < 4.78 is 2.52. The lowest BCUT2D eigenvalue weighted by molar-refractivity contribution is -0.765. The van der Waals surface area contributed by atoms with Crippen molar-refractivity contribution in [3.63, 3.8) is 0 Å². The topological polar surface area (TPSA) is 3.88 Å². The number of rotatable bonds is 3. The van der Waals surface area contributed by atoms with Gasteiger partial charge in [-0.05, 0) is 31.0 Å². The number of pyridine rings is 1. The van der Waals surface area contributed by atoms with Gasteiger partial charge in [0.25, 0.3) is 0 Å². The highest BCUT2D eigenvalue weighted by Gasteiger charge is 2.56. The van der Waals surface area contributed by atoms with E-state index in [1.165, 1.54) is 29.7 Å². The minimum absolute atomic E-state index is 0.119. The lowest BCUT2D eigenvalue weighted by Gasteiger charge is -2.46. The van der Waals surface area contributed by atoms with Gasteiger partial charge in [-0.2, -0.15) is 4.57 Å². The highest BCUT2D eigenvalue weighted by atomic mass is 15.1. The largest absolute Gasteiger partial charge is 0.213 e. The van der Waals surface area contributed by atoms with Crippen LogP contribution in [0.25, 0.3) is 11.3 Å². The number of hydrogen-bond acceptors (Lipinski definition) is 0. The van der Waals surface area contributed by atoms with E-state index in [0.29, 0.717) is 0 Å². The van der Waals surface area contributed by atoms with Gasteiger partial charge in [-0.1, -0.05) is 38.5 Å². The van der Waals surface area contributed by atoms with Crippen LogP contribution in [0.5, 0.6) is 0 Å². The molecule has 2 aromatic rings. The van der Waals surface area contributed by atoms with Crippen molar-refractivity contribution >= 4 is 0 Å². The van der Waals surface area contributed by atoms with Crippen LogP contribution in [0.1, 0.15) is 52.5 Å². The third-order valence-corrected chi connectivity index (χ3v) is 5.82. The van der Waals surface area contributed by atoms with Crippen molar-refractivity contribution in [3.8, 4) is 11.3 Å². The van der Waals surface area contributed by atoms with Crippen LogP contribution in [0.2, 0.25) is 0 Å². The van der Waals surface area contributed by atoms with Crippen LogP contribution in [-0.4, -0.2) is 0 Å². The van der Waals surface area contributed by atoms with E-state index in [4.69, 9.17) is 0 Å². The van der Waals surface area contributed by atoms with Gasteiger partial charge >= 0.3 is 0 Å². The summed E-state index contributed by atoms with van der Waals surface area (Å²) in [6.45, 7) is 9.52. The summed E-state index contributed by atoms with van der Waals surface area (Å²) in [5, 5.41) is 0. The molecule has 21 heavy (non-hydrogen) atoms. The number of benzene rings is 1. The van der Waals surface area contributed by atoms with Gasteiger partial charge in [0.15, 0.2) is 11.7 Å². The maximum Gasteiger partial charge on any atom is 0.213 e. The molecule has 0 bridgehead atoms. The van der Waals surface area contributed by atoms with Crippen LogP contribution >= 0.6 is 0 Å². The van der Waals surface area contributed by atoms with Crippen LogP contribution in [0, 0.1) is 0 Å². The maximum atomic E-state index is 2.52. The Morgan fingerprint density at radius 1 is 0.952 bits per heavy atom. The van der Waals surface area contributed by atoms with Crippen molar-refractivity contribution in [1.29, 1.82) is 0 Å². The van der Waals surface area contributed by atoms with E-state index in [-0.39, 0.29) is 11.0 Å². The standard InChI is InChI=1S/C20H26N/c1-5-14-19(3)17-12-8-7-11-16(17)18-13-9-10-15-21(18)20(19,4)6-2/h7-13,15H,5-6,14H2,1-4H3/q+1. The van der Waals surface area contributed by atoms with Gasteiger partial charge in [-0.25, -0.2) is 0 Å². The average Bonchev–Trinajstić information content (AvgIpc) is 2.53. The van der Waals surface area contributed by atoms with Crippen molar-refractivity contribution in [2.45, 2.75) is 57.9 Å². The fraction of sp³-hybridized carbons (Fsp3) is 0.450. The van der Waals surface area contributed by atoms with Crippen molar-refractivity contribution < 1.29 is 4.57 Å². The Morgan fingerprint density at radius 3 is 2.38 bits per heavy atom. The molecule has 0 amide bonds. The molecule has 0 N–H and O–H groups in total. The molecule has 0 saturated carbocycles. The maximum absolute atomic E-state index is 2.52. The Morgan fingerprint density at radius 2 is 1.67 bits per heavy atom. The highest BCUT2D eigenvalue weighted by molar-refractivity contribution is 5.65. The van der Waals surface area contributed by atoms with Gasteiger partial charge in [0.1, 0.15) is 0 Å². The second kappa shape index (κ2) is 4.98. The van der Waals surface area contributed by atoms with Crippen LogP contribution in [0.4, 0.5) is 0 Å². The van der Waals surface area contributed by atoms with E-state index in [0.717, 1.165) is 6.42 Å². The smallest absolute Gasteiger partial charge is 0.192 e. The Hall–Kier alpha value is -1.63. The van der Waals surface area contributed by atoms with Crippen molar-refractivity contribution in [2.24, 2.45) is 0 Å². The molecule has 1 aromatic heterocycles. The molecule has 0 spiro atoms. The number of hydrogen-bond donors (Lipinski definition) is 0. The zero-order valence-corrected chi connectivity index (χ0v) is 13.7. The number of nitrogens with zero attached hydrogens (tertiary/aromatic N) is 1. The van der Waals surface area contributed by atoms with Crippen molar-refractivity contribution in [2.75, 3.05) is 0 Å². The van der Waals surface area contributed by atoms with Gasteiger partial charge in [0, 0.05) is 25.5 Å². The SMILES string of the molecule is CCCC1(C)c2ccccc2-c2cccc[n+]2C1(C)CC. The van der Waals surface area contributed by atoms with E-state index in [1.54, 1.807) is 0 Å². The van der Waals surface area contributed by atoms with Gasteiger partial charge in [0.05, 0.1) is 11.0 Å². The molecular formula is C20H26N+. The molecule has 110 valence electrons. The minimum atomic E-state index is 0.119.